The van der Waals surface area contributed by atoms with Crippen LogP contribution in [0.1, 0.15) is 111 Å². The van der Waals surface area contributed by atoms with Crippen molar-refractivity contribution < 1.29 is 24.2 Å². The summed E-state index contributed by atoms with van der Waals surface area (Å²) >= 11 is 0. The second kappa shape index (κ2) is 21.0. The summed E-state index contributed by atoms with van der Waals surface area (Å²) in [7, 11) is 0. The Balaban J connectivity index is 3.96. The van der Waals surface area contributed by atoms with Crippen molar-refractivity contribution in [1.29, 1.82) is 0 Å². The second-order valence-electron chi connectivity index (χ2n) is 8.12. The summed E-state index contributed by atoms with van der Waals surface area (Å²) < 4.78 is 10.6. The number of unbranched alkanes of at least 4 members (excludes halogenated alkanes) is 9. The SMILES string of the molecule is CCCCCCCCCCCCC(CCC(=O)O)OC(=O)OCCCN(CC)CC. The lowest BCUT2D eigenvalue weighted by Gasteiger charge is -2.19. The van der Waals surface area contributed by atoms with Crippen molar-refractivity contribution in [3.05, 3.63) is 0 Å². The lowest BCUT2D eigenvalue weighted by Crippen LogP contribution is -2.26. The third-order valence-electron chi connectivity index (χ3n) is 5.56. The molecule has 0 amide bonds. The summed E-state index contributed by atoms with van der Waals surface area (Å²) in [6.07, 6.45) is 13.2. The van der Waals surface area contributed by atoms with E-state index in [1.165, 1.54) is 51.4 Å². The number of carbonyl (C=O) groups is 2. The van der Waals surface area contributed by atoms with Gasteiger partial charge in [0.25, 0.3) is 0 Å². The molecule has 0 aromatic rings. The topological polar surface area (TPSA) is 76.1 Å². The van der Waals surface area contributed by atoms with Gasteiger partial charge in [0, 0.05) is 13.0 Å². The highest BCUT2D eigenvalue weighted by molar-refractivity contribution is 5.66. The van der Waals surface area contributed by atoms with Gasteiger partial charge in [0.05, 0.1) is 6.61 Å². The van der Waals surface area contributed by atoms with Crippen LogP contribution in [0.5, 0.6) is 0 Å². The van der Waals surface area contributed by atoms with E-state index < -0.39 is 12.1 Å². The molecule has 0 aromatic heterocycles. The zero-order valence-corrected chi connectivity index (χ0v) is 19.8. The van der Waals surface area contributed by atoms with Crippen LogP contribution in [0.4, 0.5) is 4.79 Å². The minimum Gasteiger partial charge on any atom is -0.481 e. The van der Waals surface area contributed by atoms with Gasteiger partial charge in [-0.2, -0.15) is 0 Å². The molecule has 0 aromatic carbocycles. The van der Waals surface area contributed by atoms with E-state index in [1.807, 2.05) is 0 Å². The molecule has 1 N–H and O–H groups in total. The molecule has 1 unspecified atom stereocenters. The first-order chi connectivity index (χ1) is 14.5. The Bertz CT molecular complexity index is 412. The van der Waals surface area contributed by atoms with Gasteiger partial charge < -0.3 is 19.5 Å². The molecule has 178 valence electrons. The van der Waals surface area contributed by atoms with Crippen LogP contribution in [0, 0.1) is 0 Å². The van der Waals surface area contributed by atoms with Gasteiger partial charge in [-0.15, -0.1) is 0 Å². The Kier molecular flexibility index (Phi) is 20.0. The number of rotatable bonds is 21. The molecule has 0 aliphatic heterocycles. The summed E-state index contributed by atoms with van der Waals surface area (Å²) in [6, 6.07) is 0. The average molecular weight is 430 g/mol. The maximum atomic E-state index is 12.0. The molecule has 0 bridgehead atoms. The average Bonchev–Trinajstić information content (AvgIpc) is 2.73. The van der Waals surface area contributed by atoms with Crippen molar-refractivity contribution in [2.45, 2.75) is 117 Å². The molecule has 0 rings (SSSR count). The predicted molar refractivity (Wildman–Crippen MR) is 122 cm³/mol. The van der Waals surface area contributed by atoms with E-state index in [0.717, 1.165) is 38.9 Å². The van der Waals surface area contributed by atoms with Crippen LogP contribution in [0.3, 0.4) is 0 Å². The molecule has 30 heavy (non-hydrogen) atoms. The maximum Gasteiger partial charge on any atom is 0.508 e. The monoisotopic (exact) mass is 429 g/mol. The Morgan fingerprint density at radius 2 is 1.37 bits per heavy atom. The first-order valence-electron chi connectivity index (χ1n) is 12.3. The van der Waals surface area contributed by atoms with E-state index in [-0.39, 0.29) is 12.5 Å². The van der Waals surface area contributed by atoms with Crippen LogP contribution in [-0.4, -0.2) is 54.5 Å². The number of carboxylic acids is 1. The lowest BCUT2D eigenvalue weighted by atomic mass is 10.0. The van der Waals surface area contributed by atoms with E-state index in [0.29, 0.717) is 19.4 Å². The number of hydrogen-bond donors (Lipinski definition) is 1. The summed E-state index contributed by atoms with van der Waals surface area (Å²) in [5, 5.41) is 8.94. The molecule has 0 saturated carbocycles. The van der Waals surface area contributed by atoms with Gasteiger partial charge in [-0.25, -0.2) is 4.79 Å². The van der Waals surface area contributed by atoms with Gasteiger partial charge in [0.2, 0.25) is 0 Å². The van der Waals surface area contributed by atoms with Crippen molar-refractivity contribution in [2.24, 2.45) is 0 Å². The van der Waals surface area contributed by atoms with Crippen LogP contribution >= 0.6 is 0 Å². The number of ether oxygens (including phenoxy) is 2. The highest BCUT2D eigenvalue weighted by atomic mass is 16.7. The van der Waals surface area contributed by atoms with Crippen molar-refractivity contribution in [2.75, 3.05) is 26.2 Å². The summed E-state index contributed by atoms with van der Waals surface area (Å²) in [5.74, 6) is -0.862. The maximum absolute atomic E-state index is 12.0. The summed E-state index contributed by atoms with van der Waals surface area (Å²) in [4.78, 5) is 25.1. The minimum atomic E-state index is -0.862. The Morgan fingerprint density at radius 1 is 0.800 bits per heavy atom. The van der Waals surface area contributed by atoms with Gasteiger partial charge in [-0.1, -0.05) is 78.6 Å². The first-order valence-corrected chi connectivity index (χ1v) is 12.3. The smallest absolute Gasteiger partial charge is 0.481 e. The number of hydrogen-bond acceptors (Lipinski definition) is 5. The first kappa shape index (κ1) is 28.7. The van der Waals surface area contributed by atoms with E-state index in [2.05, 4.69) is 25.7 Å². The van der Waals surface area contributed by atoms with Crippen LogP contribution in [0.15, 0.2) is 0 Å². The van der Waals surface area contributed by atoms with Crippen LogP contribution < -0.4 is 0 Å². The molecule has 6 heteroatoms. The highest BCUT2D eigenvalue weighted by Gasteiger charge is 2.17. The van der Waals surface area contributed by atoms with Crippen molar-refractivity contribution in [3.8, 4) is 0 Å². The standard InChI is InChI=1S/C24H47NO5/c1-4-7-8-9-10-11-12-13-14-15-17-22(18-19-23(26)27)30-24(28)29-21-16-20-25(5-2)6-3/h22H,4-21H2,1-3H3,(H,26,27). The van der Waals surface area contributed by atoms with Crippen LogP contribution in [0.25, 0.3) is 0 Å². The van der Waals surface area contributed by atoms with E-state index in [4.69, 9.17) is 14.6 Å². The number of carbonyl (C=O) groups excluding carboxylic acids is 1. The summed E-state index contributed by atoms with van der Waals surface area (Å²) in [6.45, 7) is 9.65. The molecule has 0 spiro atoms. The highest BCUT2D eigenvalue weighted by Crippen LogP contribution is 2.16. The molecule has 0 fully saturated rings. The molecule has 6 nitrogen and oxygen atoms in total. The molecule has 0 aliphatic rings. The molecular formula is C24H47NO5. The van der Waals surface area contributed by atoms with Crippen LogP contribution in [-0.2, 0) is 14.3 Å². The van der Waals surface area contributed by atoms with Crippen molar-refractivity contribution in [1.82, 2.24) is 4.90 Å². The van der Waals surface area contributed by atoms with Gasteiger partial charge in [-0.3, -0.25) is 4.79 Å². The second-order valence-corrected chi connectivity index (χ2v) is 8.12. The van der Waals surface area contributed by atoms with Gasteiger partial charge >= 0.3 is 12.1 Å². The lowest BCUT2D eigenvalue weighted by molar-refractivity contribution is -0.137. The number of nitrogens with zero attached hydrogens (tertiary/aromatic N) is 1. The third-order valence-corrected chi connectivity index (χ3v) is 5.56. The van der Waals surface area contributed by atoms with E-state index in [9.17, 15) is 9.59 Å². The fraction of sp³-hybridized carbons (Fsp3) is 0.917. The molecule has 0 heterocycles. The summed E-state index contributed by atoms with van der Waals surface area (Å²) in [5.41, 5.74) is 0. The number of carboxylic acid groups (broad SMARTS) is 1. The molecule has 0 radical (unpaired) electrons. The quantitative estimate of drug-likeness (QED) is 0.168. The zero-order valence-electron chi connectivity index (χ0n) is 19.8. The zero-order chi connectivity index (χ0) is 22.5. The normalized spacial score (nSPS) is 12.1. The van der Waals surface area contributed by atoms with Gasteiger partial charge in [-0.05, 0) is 38.8 Å². The van der Waals surface area contributed by atoms with E-state index >= 15 is 0 Å². The predicted octanol–water partition coefficient (Wildman–Crippen LogP) is 6.42. The largest absolute Gasteiger partial charge is 0.508 e. The third kappa shape index (κ3) is 18.7. The Hall–Kier alpha value is -1.30. The fourth-order valence-corrected chi connectivity index (χ4v) is 3.56. The van der Waals surface area contributed by atoms with Gasteiger partial charge in [0.1, 0.15) is 6.10 Å². The minimum absolute atomic E-state index is 0.0116. The van der Waals surface area contributed by atoms with E-state index in [1.54, 1.807) is 0 Å². The molecule has 0 saturated heterocycles. The Labute approximate surface area is 184 Å². The molecular weight excluding hydrogens is 382 g/mol. The Morgan fingerprint density at radius 3 is 1.90 bits per heavy atom. The molecule has 0 aliphatic carbocycles. The fourth-order valence-electron chi connectivity index (χ4n) is 3.56. The van der Waals surface area contributed by atoms with Crippen molar-refractivity contribution >= 4 is 12.1 Å². The van der Waals surface area contributed by atoms with Crippen LogP contribution in [0.2, 0.25) is 0 Å². The molecule has 1 atom stereocenters. The van der Waals surface area contributed by atoms with Crippen molar-refractivity contribution in [3.63, 3.8) is 0 Å². The van der Waals surface area contributed by atoms with Gasteiger partial charge in [0.15, 0.2) is 0 Å². The number of aliphatic carboxylic acids is 1.